The maximum atomic E-state index is 11.7. The fraction of sp³-hybridized carbons (Fsp3) is 0.318. The second-order valence-electron chi connectivity index (χ2n) is 8.35. The average molecular weight is 419 g/mol. The van der Waals surface area contributed by atoms with E-state index in [1.54, 1.807) is 0 Å². The number of nitrogens with zero attached hydrogens (tertiary/aromatic N) is 3. The molecule has 4 aromatic rings. The van der Waals surface area contributed by atoms with Crippen LogP contribution in [0.5, 0.6) is 5.75 Å². The Kier molecular flexibility index (Phi) is 3.71. The summed E-state index contributed by atoms with van der Waals surface area (Å²) in [6, 6.07) is 8.97. The van der Waals surface area contributed by atoms with Crippen LogP contribution in [0.1, 0.15) is 19.8 Å². The summed E-state index contributed by atoms with van der Waals surface area (Å²) >= 11 is 0. The molecule has 31 heavy (non-hydrogen) atoms. The molecule has 2 aromatic carbocycles. The summed E-state index contributed by atoms with van der Waals surface area (Å²) in [7, 11) is 0. The number of oxazole rings is 1. The number of nitrogens with two attached hydrogens (primary N) is 1. The number of carbonyl (C=O) groups is 1. The van der Waals surface area contributed by atoms with E-state index in [1.807, 2.05) is 37.3 Å². The van der Waals surface area contributed by atoms with Crippen LogP contribution in [0, 0.1) is 5.92 Å². The lowest BCUT2D eigenvalue weighted by atomic mass is 10.1. The summed E-state index contributed by atoms with van der Waals surface area (Å²) in [5.41, 5.74) is 10.2. The first-order valence-electron chi connectivity index (χ1n) is 10.3. The number of imidazole rings is 1. The van der Waals surface area contributed by atoms with Crippen molar-refractivity contribution in [3.63, 3.8) is 0 Å². The van der Waals surface area contributed by atoms with Crippen LogP contribution in [0.3, 0.4) is 0 Å². The fourth-order valence-corrected chi connectivity index (χ4v) is 4.39. The normalized spacial score (nSPS) is 18.8. The predicted molar refractivity (Wildman–Crippen MR) is 115 cm³/mol. The molecule has 2 aliphatic rings. The predicted octanol–water partition coefficient (Wildman–Crippen LogP) is 3.48. The van der Waals surface area contributed by atoms with Gasteiger partial charge in [0, 0.05) is 17.3 Å². The van der Waals surface area contributed by atoms with Crippen LogP contribution < -0.4 is 15.8 Å². The van der Waals surface area contributed by atoms with Crippen molar-refractivity contribution < 1.29 is 19.1 Å². The Morgan fingerprint density at radius 2 is 2.10 bits per heavy atom. The van der Waals surface area contributed by atoms with Crippen molar-refractivity contribution in [3.8, 4) is 17.1 Å². The zero-order valence-corrected chi connectivity index (χ0v) is 16.8. The third kappa shape index (κ3) is 2.96. The number of hydrogen-bond acceptors (Lipinski definition) is 7. The van der Waals surface area contributed by atoms with Crippen molar-refractivity contribution in [2.24, 2.45) is 5.92 Å². The molecule has 1 aliphatic heterocycles. The number of fused-ring (bicyclic) bond motifs is 1. The number of hydrogen-bond donors (Lipinski definition) is 3. The first-order valence-corrected chi connectivity index (χ1v) is 10.3. The number of aromatic nitrogens is 3. The summed E-state index contributed by atoms with van der Waals surface area (Å²) in [6.07, 6.45) is 1.81. The van der Waals surface area contributed by atoms with Crippen LogP contribution in [-0.4, -0.2) is 37.8 Å². The number of nitrogen functional groups attached to an aromatic ring is 1. The number of ether oxygens (including phenoxy) is 1. The Bertz CT molecular complexity index is 1350. The van der Waals surface area contributed by atoms with E-state index < -0.39 is 12.0 Å². The minimum atomic E-state index is -0.836. The van der Waals surface area contributed by atoms with E-state index in [-0.39, 0.29) is 18.0 Å². The molecule has 0 radical (unpaired) electrons. The first kappa shape index (κ1) is 18.1. The van der Waals surface area contributed by atoms with Crippen LogP contribution in [0.4, 0.5) is 11.7 Å². The standard InChI is InChI=1S/C22H21N5O4/c1-10-9-27-19-15(25-20(27)12-4-5-16-14(6-12)26-22(23)31-16)7-13(8-17(19)30-10)24-18(21(28)29)11-2-3-11/h4-8,10-11,18,24H,2-3,9H2,1H3,(H2,23,26)(H,28,29)/t10-,18+/m1/s1. The van der Waals surface area contributed by atoms with Crippen LogP contribution >= 0.6 is 0 Å². The molecule has 0 unspecified atom stereocenters. The van der Waals surface area contributed by atoms with E-state index in [0.29, 0.717) is 29.1 Å². The molecule has 9 nitrogen and oxygen atoms in total. The molecule has 9 heteroatoms. The van der Waals surface area contributed by atoms with Gasteiger partial charge in [-0.05, 0) is 49.9 Å². The smallest absolute Gasteiger partial charge is 0.326 e. The quantitative estimate of drug-likeness (QED) is 0.448. The van der Waals surface area contributed by atoms with Gasteiger partial charge < -0.3 is 29.9 Å². The molecule has 6 rings (SSSR count). The summed E-state index contributed by atoms with van der Waals surface area (Å²) in [4.78, 5) is 20.8. The van der Waals surface area contributed by atoms with Crippen molar-refractivity contribution in [3.05, 3.63) is 30.3 Å². The van der Waals surface area contributed by atoms with Crippen LogP contribution in [-0.2, 0) is 11.3 Å². The third-order valence-corrected chi connectivity index (χ3v) is 5.92. The highest BCUT2D eigenvalue weighted by Gasteiger charge is 2.36. The van der Waals surface area contributed by atoms with Gasteiger partial charge in [0.2, 0.25) is 0 Å². The molecule has 0 amide bonds. The fourth-order valence-electron chi connectivity index (χ4n) is 4.39. The second-order valence-corrected chi connectivity index (χ2v) is 8.35. The van der Waals surface area contributed by atoms with Gasteiger partial charge in [0.1, 0.15) is 34.8 Å². The molecular formula is C22H21N5O4. The van der Waals surface area contributed by atoms with E-state index >= 15 is 0 Å². The largest absolute Gasteiger partial charge is 0.487 e. The highest BCUT2D eigenvalue weighted by Crippen LogP contribution is 2.40. The average Bonchev–Trinajstić information content (AvgIpc) is 3.39. The van der Waals surface area contributed by atoms with Crippen LogP contribution in [0.2, 0.25) is 0 Å². The molecule has 3 heterocycles. The Hall–Kier alpha value is -3.75. The zero-order chi connectivity index (χ0) is 21.3. The second kappa shape index (κ2) is 6.37. The van der Waals surface area contributed by atoms with Gasteiger partial charge in [-0.1, -0.05) is 0 Å². The molecule has 1 saturated carbocycles. The number of benzene rings is 2. The number of anilines is 2. The SMILES string of the molecule is C[C@@H]1Cn2c(-c3ccc4oc(N)nc4c3)nc3cc(N[C@H](C(=O)O)C4CC4)cc(c32)O1. The molecule has 0 saturated heterocycles. The topological polar surface area (TPSA) is 128 Å². The molecule has 4 N–H and O–H groups in total. The highest BCUT2D eigenvalue weighted by molar-refractivity contribution is 5.91. The van der Waals surface area contributed by atoms with Gasteiger partial charge >= 0.3 is 5.97 Å². The Balaban J connectivity index is 1.48. The van der Waals surface area contributed by atoms with Crippen molar-refractivity contribution in [2.75, 3.05) is 11.1 Å². The Labute approximate surface area is 176 Å². The van der Waals surface area contributed by atoms with Gasteiger partial charge in [0.25, 0.3) is 6.01 Å². The van der Waals surface area contributed by atoms with Crippen LogP contribution in [0.15, 0.2) is 34.7 Å². The zero-order valence-electron chi connectivity index (χ0n) is 16.8. The molecule has 0 bridgehead atoms. The molecule has 158 valence electrons. The third-order valence-electron chi connectivity index (χ3n) is 5.92. The summed E-state index contributed by atoms with van der Waals surface area (Å²) < 4.78 is 13.6. The maximum absolute atomic E-state index is 11.7. The lowest BCUT2D eigenvalue weighted by molar-refractivity contribution is -0.138. The monoisotopic (exact) mass is 419 g/mol. The van der Waals surface area contributed by atoms with Crippen molar-refractivity contribution in [2.45, 2.75) is 38.5 Å². The van der Waals surface area contributed by atoms with E-state index in [2.05, 4.69) is 14.9 Å². The van der Waals surface area contributed by atoms with Crippen molar-refractivity contribution in [1.29, 1.82) is 0 Å². The molecular weight excluding hydrogens is 398 g/mol. The number of nitrogens with one attached hydrogen (secondary N) is 1. The van der Waals surface area contributed by atoms with E-state index in [0.717, 1.165) is 35.3 Å². The number of carboxylic acid groups (broad SMARTS) is 1. The van der Waals surface area contributed by atoms with Crippen molar-refractivity contribution >= 4 is 39.8 Å². The van der Waals surface area contributed by atoms with E-state index in [1.165, 1.54) is 0 Å². The van der Waals surface area contributed by atoms with Crippen molar-refractivity contribution in [1.82, 2.24) is 14.5 Å². The lowest BCUT2D eigenvalue weighted by Crippen LogP contribution is -2.31. The van der Waals surface area contributed by atoms with Gasteiger partial charge in [0.05, 0.1) is 12.1 Å². The summed E-state index contributed by atoms with van der Waals surface area (Å²) in [5.74, 6) is 0.823. The maximum Gasteiger partial charge on any atom is 0.326 e. The van der Waals surface area contributed by atoms with E-state index in [4.69, 9.17) is 19.9 Å². The molecule has 1 aliphatic carbocycles. The number of aliphatic carboxylic acids is 1. The minimum Gasteiger partial charge on any atom is -0.487 e. The Morgan fingerprint density at radius 1 is 1.26 bits per heavy atom. The van der Waals surface area contributed by atoms with Gasteiger partial charge in [-0.2, -0.15) is 4.98 Å². The van der Waals surface area contributed by atoms with E-state index in [9.17, 15) is 9.90 Å². The first-order chi connectivity index (χ1) is 15.0. The lowest BCUT2D eigenvalue weighted by Gasteiger charge is -2.25. The molecule has 1 fully saturated rings. The van der Waals surface area contributed by atoms with Gasteiger partial charge in [-0.15, -0.1) is 0 Å². The molecule has 0 spiro atoms. The number of carboxylic acids is 1. The minimum absolute atomic E-state index is 0.0518. The van der Waals surface area contributed by atoms with Crippen LogP contribution in [0.25, 0.3) is 33.5 Å². The van der Waals surface area contributed by atoms with Gasteiger partial charge in [0.15, 0.2) is 5.58 Å². The Morgan fingerprint density at radius 3 is 2.87 bits per heavy atom. The van der Waals surface area contributed by atoms with Gasteiger partial charge in [-0.25, -0.2) is 9.78 Å². The van der Waals surface area contributed by atoms with Gasteiger partial charge in [-0.3, -0.25) is 0 Å². The molecule has 2 aromatic heterocycles. The summed E-state index contributed by atoms with van der Waals surface area (Å²) in [6.45, 7) is 2.66. The highest BCUT2D eigenvalue weighted by atomic mass is 16.5. The summed E-state index contributed by atoms with van der Waals surface area (Å²) in [5, 5.41) is 12.8. The number of rotatable bonds is 5. The molecule has 2 atom stereocenters.